The molecule has 126 valence electrons. The molecule has 0 bridgehead atoms. The summed E-state index contributed by atoms with van der Waals surface area (Å²) in [6.07, 6.45) is -0.334. The zero-order valence-electron chi connectivity index (χ0n) is 12.8. The Bertz CT molecular complexity index is 766. The van der Waals surface area contributed by atoms with Crippen LogP contribution in [0.2, 0.25) is 0 Å². The van der Waals surface area contributed by atoms with E-state index in [4.69, 9.17) is 5.11 Å². The van der Waals surface area contributed by atoms with Gasteiger partial charge in [-0.1, -0.05) is 12.1 Å². The largest absolute Gasteiger partial charge is 0.478 e. The highest BCUT2D eigenvalue weighted by molar-refractivity contribution is 5.87. The van der Waals surface area contributed by atoms with Crippen molar-refractivity contribution in [1.82, 2.24) is 4.90 Å². The molecule has 1 saturated heterocycles. The number of hydrogen-bond acceptors (Lipinski definition) is 3. The van der Waals surface area contributed by atoms with Crippen molar-refractivity contribution in [3.8, 4) is 0 Å². The highest BCUT2D eigenvalue weighted by atomic mass is 19.1. The van der Waals surface area contributed by atoms with Crippen molar-refractivity contribution in [2.75, 3.05) is 6.54 Å². The van der Waals surface area contributed by atoms with Crippen molar-refractivity contribution in [2.24, 2.45) is 0 Å². The standard InChI is InChI=1S/C18H17F2NO3/c19-13-4-5-16(20)15(7-13)17-8-14(22)10-21(17)9-11-2-1-3-12(6-11)18(23)24/h1-7,14,17,22H,8-10H2,(H,23,24). The Hall–Kier alpha value is -2.31. The number of nitrogens with zero attached hydrogens (tertiary/aromatic N) is 1. The number of aliphatic hydroxyl groups excluding tert-OH is 1. The Morgan fingerprint density at radius 1 is 1.21 bits per heavy atom. The highest BCUT2D eigenvalue weighted by Gasteiger charge is 2.33. The second-order valence-corrected chi connectivity index (χ2v) is 6.01. The van der Waals surface area contributed by atoms with Crippen molar-refractivity contribution in [3.63, 3.8) is 0 Å². The third kappa shape index (κ3) is 3.44. The average molecular weight is 333 g/mol. The van der Waals surface area contributed by atoms with E-state index < -0.39 is 29.7 Å². The first-order valence-electron chi connectivity index (χ1n) is 7.63. The molecule has 0 aromatic heterocycles. The number of carbonyl (C=O) groups is 1. The van der Waals surface area contributed by atoms with E-state index in [1.807, 2.05) is 4.90 Å². The molecule has 1 aliphatic rings. The van der Waals surface area contributed by atoms with Gasteiger partial charge in [-0.2, -0.15) is 0 Å². The van der Waals surface area contributed by atoms with Crippen LogP contribution in [0, 0.1) is 11.6 Å². The SMILES string of the molecule is O=C(O)c1cccc(CN2CC(O)CC2c2cc(F)ccc2F)c1. The van der Waals surface area contributed by atoms with Gasteiger partial charge in [-0.25, -0.2) is 13.6 Å². The Morgan fingerprint density at radius 3 is 2.75 bits per heavy atom. The molecule has 2 unspecified atom stereocenters. The van der Waals surface area contributed by atoms with E-state index in [0.29, 0.717) is 19.5 Å². The summed E-state index contributed by atoms with van der Waals surface area (Å²) in [5.41, 5.74) is 1.12. The summed E-state index contributed by atoms with van der Waals surface area (Å²) < 4.78 is 27.6. The number of carboxylic acid groups (broad SMARTS) is 1. The van der Waals surface area contributed by atoms with E-state index in [2.05, 4.69) is 0 Å². The van der Waals surface area contributed by atoms with E-state index in [1.165, 1.54) is 6.07 Å². The molecule has 24 heavy (non-hydrogen) atoms. The van der Waals surface area contributed by atoms with E-state index in [0.717, 1.165) is 23.8 Å². The maximum Gasteiger partial charge on any atom is 0.335 e. The van der Waals surface area contributed by atoms with Gasteiger partial charge >= 0.3 is 5.97 Å². The number of aromatic carboxylic acids is 1. The van der Waals surface area contributed by atoms with Crippen LogP contribution in [0.1, 0.15) is 33.9 Å². The Morgan fingerprint density at radius 2 is 2.00 bits per heavy atom. The monoisotopic (exact) mass is 333 g/mol. The molecule has 4 nitrogen and oxygen atoms in total. The van der Waals surface area contributed by atoms with Gasteiger partial charge in [0.1, 0.15) is 11.6 Å². The number of aliphatic hydroxyl groups is 1. The fraction of sp³-hybridized carbons (Fsp3) is 0.278. The zero-order valence-corrected chi connectivity index (χ0v) is 12.8. The molecular weight excluding hydrogens is 316 g/mol. The molecule has 2 aromatic rings. The van der Waals surface area contributed by atoms with E-state index in [9.17, 15) is 18.7 Å². The van der Waals surface area contributed by atoms with E-state index >= 15 is 0 Å². The van der Waals surface area contributed by atoms with Crippen LogP contribution in [0.25, 0.3) is 0 Å². The fourth-order valence-electron chi connectivity index (χ4n) is 3.18. The van der Waals surface area contributed by atoms with Crippen molar-refractivity contribution < 1.29 is 23.8 Å². The van der Waals surface area contributed by atoms with Crippen molar-refractivity contribution in [3.05, 3.63) is 70.8 Å². The number of carboxylic acids is 1. The fourth-order valence-corrected chi connectivity index (χ4v) is 3.18. The Kier molecular flexibility index (Phi) is 4.59. The summed E-state index contributed by atoms with van der Waals surface area (Å²) >= 11 is 0. The van der Waals surface area contributed by atoms with Crippen LogP contribution in [-0.2, 0) is 6.54 Å². The number of halogens is 2. The Balaban J connectivity index is 1.87. The lowest BCUT2D eigenvalue weighted by Crippen LogP contribution is -2.25. The molecule has 1 fully saturated rings. The Labute approximate surface area is 138 Å². The first kappa shape index (κ1) is 16.5. The maximum absolute atomic E-state index is 14.1. The first-order valence-corrected chi connectivity index (χ1v) is 7.63. The lowest BCUT2D eigenvalue weighted by Gasteiger charge is -2.25. The molecule has 0 amide bonds. The normalized spacial score (nSPS) is 21.1. The number of rotatable bonds is 4. The molecule has 2 atom stereocenters. The van der Waals surface area contributed by atoms with Gasteiger partial charge < -0.3 is 10.2 Å². The van der Waals surface area contributed by atoms with Crippen LogP contribution in [0.3, 0.4) is 0 Å². The second-order valence-electron chi connectivity index (χ2n) is 6.01. The first-order chi connectivity index (χ1) is 11.4. The highest BCUT2D eigenvalue weighted by Crippen LogP contribution is 2.35. The van der Waals surface area contributed by atoms with Crippen LogP contribution in [0.15, 0.2) is 42.5 Å². The van der Waals surface area contributed by atoms with Gasteiger partial charge in [0.25, 0.3) is 0 Å². The average Bonchev–Trinajstić information content (AvgIpc) is 2.90. The lowest BCUT2D eigenvalue weighted by atomic mass is 10.0. The van der Waals surface area contributed by atoms with Crippen LogP contribution < -0.4 is 0 Å². The summed E-state index contributed by atoms with van der Waals surface area (Å²) in [6, 6.07) is 9.30. The van der Waals surface area contributed by atoms with Crippen LogP contribution >= 0.6 is 0 Å². The van der Waals surface area contributed by atoms with Crippen LogP contribution in [0.5, 0.6) is 0 Å². The molecule has 1 heterocycles. The van der Waals surface area contributed by atoms with Gasteiger partial charge in [0.05, 0.1) is 11.7 Å². The maximum atomic E-state index is 14.1. The summed E-state index contributed by atoms with van der Waals surface area (Å²) in [6.45, 7) is 0.663. The van der Waals surface area contributed by atoms with E-state index in [-0.39, 0.29) is 11.1 Å². The topological polar surface area (TPSA) is 60.8 Å². The summed E-state index contributed by atoms with van der Waals surface area (Å²) in [7, 11) is 0. The molecule has 3 rings (SSSR count). The van der Waals surface area contributed by atoms with Crippen molar-refractivity contribution in [2.45, 2.75) is 25.1 Å². The van der Waals surface area contributed by atoms with Gasteiger partial charge in [0.2, 0.25) is 0 Å². The predicted octanol–water partition coefficient (Wildman–Crippen LogP) is 2.97. The van der Waals surface area contributed by atoms with Gasteiger partial charge in [-0.3, -0.25) is 4.90 Å². The number of hydrogen-bond donors (Lipinski definition) is 2. The molecule has 0 radical (unpaired) electrons. The predicted molar refractivity (Wildman–Crippen MR) is 83.5 cm³/mol. The zero-order chi connectivity index (χ0) is 17.3. The van der Waals surface area contributed by atoms with Gasteiger partial charge in [-0.05, 0) is 42.3 Å². The third-order valence-corrected chi connectivity index (χ3v) is 4.26. The summed E-state index contributed by atoms with van der Waals surface area (Å²) in [4.78, 5) is 12.9. The molecule has 0 aliphatic carbocycles. The summed E-state index contributed by atoms with van der Waals surface area (Å²) in [5, 5.41) is 19.0. The molecular formula is C18H17F2NO3. The number of likely N-dealkylation sites (tertiary alicyclic amines) is 1. The van der Waals surface area contributed by atoms with E-state index in [1.54, 1.807) is 18.2 Å². The van der Waals surface area contributed by atoms with Gasteiger partial charge in [0, 0.05) is 24.7 Å². The molecule has 2 aromatic carbocycles. The minimum atomic E-state index is -1.02. The smallest absolute Gasteiger partial charge is 0.335 e. The number of benzene rings is 2. The summed E-state index contributed by atoms with van der Waals surface area (Å²) in [5.74, 6) is -2.06. The second kappa shape index (κ2) is 6.67. The minimum absolute atomic E-state index is 0.167. The number of β-amino-alcohol motifs (C(OH)–C–C–N with tert-alkyl or cyclic N) is 1. The molecule has 6 heteroatoms. The molecule has 0 saturated carbocycles. The minimum Gasteiger partial charge on any atom is -0.478 e. The van der Waals surface area contributed by atoms with Crippen LogP contribution in [0.4, 0.5) is 8.78 Å². The molecule has 1 aliphatic heterocycles. The van der Waals surface area contributed by atoms with Crippen molar-refractivity contribution in [1.29, 1.82) is 0 Å². The van der Waals surface area contributed by atoms with Crippen molar-refractivity contribution >= 4 is 5.97 Å². The molecule has 0 spiro atoms. The lowest BCUT2D eigenvalue weighted by molar-refractivity contribution is 0.0696. The third-order valence-electron chi connectivity index (χ3n) is 4.26. The quantitative estimate of drug-likeness (QED) is 0.903. The van der Waals surface area contributed by atoms with Gasteiger partial charge in [0.15, 0.2) is 0 Å². The van der Waals surface area contributed by atoms with Gasteiger partial charge in [-0.15, -0.1) is 0 Å². The van der Waals surface area contributed by atoms with Crippen LogP contribution in [-0.4, -0.2) is 33.7 Å². The molecule has 2 N–H and O–H groups in total.